The minimum absolute atomic E-state index is 0.0506. The number of para-hydroxylation sites is 2. The van der Waals surface area contributed by atoms with Crippen molar-refractivity contribution in [2.24, 2.45) is 0 Å². The lowest BCUT2D eigenvalue weighted by molar-refractivity contribution is -0.122. The van der Waals surface area contributed by atoms with Gasteiger partial charge in [-0.2, -0.15) is 8.78 Å². The van der Waals surface area contributed by atoms with Crippen molar-refractivity contribution in [3.05, 3.63) is 64.6 Å². The number of nitrogens with zero attached hydrogens (tertiary/aromatic N) is 2. The number of ether oxygens (including phenoxy) is 1. The zero-order valence-corrected chi connectivity index (χ0v) is 17.6. The first-order valence-electron chi connectivity index (χ1n) is 10.7. The van der Waals surface area contributed by atoms with Crippen LogP contribution in [0, 0.1) is 0 Å². The average molecular weight is 444 g/mol. The maximum atomic E-state index is 12.4. The van der Waals surface area contributed by atoms with E-state index >= 15 is 0 Å². The zero-order chi connectivity index (χ0) is 22.5. The molecule has 0 saturated carbocycles. The van der Waals surface area contributed by atoms with E-state index in [0.29, 0.717) is 19.5 Å². The molecule has 0 spiro atoms. The highest BCUT2D eigenvalue weighted by Gasteiger charge is 2.24. The number of imidazole rings is 1. The average Bonchev–Trinajstić information content (AvgIpc) is 3.11. The number of alkyl halides is 2. The Morgan fingerprint density at radius 1 is 1.12 bits per heavy atom. The summed E-state index contributed by atoms with van der Waals surface area (Å²) < 4.78 is 30.5. The Morgan fingerprint density at radius 3 is 2.56 bits per heavy atom. The number of hydrogen-bond donors (Lipinski definition) is 2. The van der Waals surface area contributed by atoms with Crippen LogP contribution in [0.4, 0.5) is 8.78 Å². The summed E-state index contributed by atoms with van der Waals surface area (Å²) in [6.07, 6.45) is 2.22. The van der Waals surface area contributed by atoms with E-state index in [-0.39, 0.29) is 23.4 Å². The number of rotatable bonds is 8. The first-order valence-corrected chi connectivity index (χ1v) is 10.7. The molecule has 7 nitrogen and oxygen atoms in total. The highest BCUT2D eigenvalue weighted by molar-refractivity contribution is 5.78. The largest absolute Gasteiger partial charge is 0.435 e. The van der Waals surface area contributed by atoms with E-state index in [9.17, 15) is 18.4 Å². The van der Waals surface area contributed by atoms with Crippen LogP contribution in [0.2, 0.25) is 0 Å². The summed E-state index contributed by atoms with van der Waals surface area (Å²) in [6.45, 7) is -0.565. The van der Waals surface area contributed by atoms with Gasteiger partial charge in [-0.1, -0.05) is 24.3 Å². The summed E-state index contributed by atoms with van der Waals surface area (Å²) in [4.78, 5) is 29.7. The molecule has 1 saturated heterocycles. The molecule has 170 valence electrons. The molecule has 0 radical (unpaired) electrons. The Hall–Kier alpha value is -3.20. The first-order chi connectivity index (χ1) is 15.5. The van der Waals surface area contributed by atoms with Crippen LogP contribution in [0.1, 0.15) is 24.4 Å². The summed E-state index contributed by atoms with van der Waals surface area (Å²) in [5, 5.41) is 2.91. The Kier molecular flexibility index (Phi) is 6.84. The fraction of sp³-hybridized carbons (Fsp3) is 0.391. The number of hydrogen-bond acceptors (Lipinski definition) is 4. The molecule has 2 N–H and O–H groups in total. The highest BCUT2D eigenvalue weighted by Crippen LogP contribution is 2.24. The van der Waals surface area contributed by atoms with E-state index in [1.165, 1.54) is 12.1 Å². The number of amides is 1. The fourth-order valence-electron chi connectivity index (χ4n) is 4.22. The minimum Gasteiger partial charge on any atom is -0.435 e. The van der Waals surface area contributed by atoms with Crippen molar-refractivity contribution in [2.75, 3.05) is 26.2 Å². The van der Waals surface area contributed by atoms with Gasteiger partial charge in [-0.3, -0.25) is 14.3 Å². The second-order valence-electron chi connectivity index (χ2n) is 7.95. The fourth-order valence-corrected chi connectivity index (χ4v) is 4.22. The number of aromatic amines is 1. The molecule has 1 aliphatic rings. The number of carbonyl (C=O) groups is 1. The molecule has 9 heteroatoms. The first kappa shape index (κ1) is 22.0. The van der Waals surface area contributed by atoms with Gasteiger partial charge in [0.2, 0.25) is 5.91 Å². The van der Waals surface area contributed by atoms with Crippen molar-refractivity contribution in [1.29, 1.82) is 0 Å². The third kappa shape index (κ3) is 5.34. The molecule has 4 rings (SSSR count). The number of fused-ring (bicyclic) bond motifs is 1. The number of nitrogens with one attached hydrogen (secondary N) is 2. The van der Waals surface area contributed by atoms with Gasteiger partial charge in [0.1, 0.15) is 5.75 Å². The second-order valence-corrected chi connectivity index (χ2v) is 7.95. The van der Waals surface area contributed by atoms with Crippen molar-refractivity contribution in [1.82, 2.24) is 19.8 Å². The Morgan fingerprint density at radius 2 is 1.84 bits per heavy atom. The van der Waals surface area contributed by atoms with Crippen LogP contribution in [-0.4, -0.2) is 53.1 Å². The number of aromatic nitrogens is 2. The van der Waals surface area contributed by atoms with Crippen LogP contribution in [0.15, 0.2) is 53.3 Å². The standard InChI is InChI=1S/C23H26F2N4O3/c24-22(25)32-18-7-5-16(6-8-18)9-12-26-21(30)15-28-13-10-17(11-14-28)29-20-4-2-1-3-19(20)27-23(29)31/h1-8,17,22H,9-15H2,(H,26,30)(H,27,31). The lowest BCUT2D eigenvalue weighted by Gasteiger charge is -2.32. The van der Waals surface area contributed by atoms with E-state index in [0.717, 1.165) is 42.5 Å². The van der Waals surface area contributed by atoms with Crippen molar-refractivity contribution < 1.29 is 18.3 Å². The van der Waals surface area contributed by atoms with Gasteiger partial charge in [-0.25, -0.2) is 4.79 Å². The van der Waals surface area contributed by atoms with Crippen molar-refractivity contribution in [3.63, 3.8) is 0 Å². The van der Waals surface area contributed by atoms with Gasteiger partial charge in [0, 0.05) is 25.7 Å². The summed E-state index contributed by atoms with van der Waals surface area (Å²) in [5.74, 6) is 0.0662. The summed E-state index contributed by atoms with van der Waals surface area (Å²) in [7, 11) is 0. The number of likely N-dealkylation sites (tertiary alicyclic amines) is 1. The summed E-state index contributed by atoms with van der Waals surface area (Å²) in [5.41, 5.74) is 2.60. The topological polar surface area (TPSA) is 79.4 Å². The van der Waals surface area contributed by atoms with Crippen molar-refractivity contribution >= 4 is 16.9 Å². The second kappa shape index (κ2) is 9.95. The predicted octanol–water partition coefficient (Wildman–Crippen LogP) is 2.93. The molecule has 1 amide bonds. The molecule has 0 aliphatic carbocycles. The van der Waals surface area contributed by atoms with Gasteiger partial charge in [0.25, 0.3) is 0 Å². The Labute approximate surface area is 184 Å². The van der Waals surface area contributed by atoms with Gasteiger partial charge in [0.15, 0.2) is 0 Å². The molecule has 1 aromatic heterocycles. The van der Waals surface area contributed by atoms with Crippen molar-refractivity contribution in [3.8, 4) is 5.75 Å². The zero-order valence-electron chi connectivity index (χ0n) is 17.6. The molecule has 1 fully saturated rings. The summed E-state index contributed by atoms with van der Waals surface area (Å²) >= 11 is 0. The number of H-pyrrole nitrogens is 1. The number of carbonyl (C=O) groups excluding carboxylic acids is 1. The van der Waals surface area contributed by atoms with Crippen LogP contribution < -0.4 is 15.7 Å². The molecule has 0 unspecified atom stereocenters. The van der Waals surface area contributed by atoms with E-state index in [1.54, 1.807) is 12.1 Å². The highest BCUT2D eigenvalue weighted by atomic mass is 19.3. The molecular weight excluding hydrogens is 418 g/mol. The smallest absolute Gasteiger partial charge is 0.387 e. The maximum Gasteiger partial charge on any atom is 0.387 e. The van der Waals surface area contributed by atoms with E-state index in [4.69, 9.17) is 0 Å². The quantitative estimate of drug-likeness (QED) is 0.560. The van der Waals surface area contributed by atoms with Crippen molar-refractivity contribution in [2.45, 2.75) is 31.9 Å². The Bertz CT molecular complexity index is 1100. The molecule has 1 aliphatic heterocycles. The third-order valence-corrected chi connectivity index (χ3v) is 5.80. The van der Waals surface area contributed by atoms with Gasteiger partial charge in [0.05, 0.1) is 17.6 Å². The molecule has 0 bridgehead atoms. The molecule has 32 heavy (non-hydrogen) atoms. The van der Waals surface area contributed by atoms with Gasteiger partial charge in [-0.15, -0.1) is 0 Å². The monoisotopic (exact) mass is 444 g/mol. The van der Waals surface area contributed by atoms with E-state index < -0.39 is 6.61 Å². The SMILES string of the molecule is O=C(CN1CCC(n2c(=O)[nH]c3ccccc32)CC1)NCCc1ccc(OC(F)F)cc1. The number of halogens is 2. The third-order valence-electron chi connectivity index (χ3n) is 5.80. The van der Waals surface area contributed by atoms with Crippen LogP contribution in [0.5, 0.6) is 5.75 Å². The maximum absolute atomic E-state index is 12.4. The van der Waals surface area contributed by atoms with Crippen LogP contribution in [0.25, 0.3) is 11.0 Å². The molecule has 3 aromatic rings. The van der Waals surface area contributed by atoms with Crippen LogP contribution >= 0.6 is 0 Å². The Balaban J connectivity index is 1.21. The normalized spacial score (nSPS) is 15.3. The summed E-state index contributed by atoms with van der Waals surface area (Å²) in [6, 6.07) is 14.2. The lowest BCUT2D eigenvalue weighted by atomic mass is 10.0. The predicted molar refractivity (Wildman–Crippen MR) is 117 cm³/mol. The van der Waals surface area contributed by atoms with Gasteiger partial charge in [-0.05, 0) is 49.1 Å². The number of piperidine rings is 1. The van der Waals surface area contributed by atoms with Crippen LogP contribution in [0.3, 0.4) is 0 Å². The van der Waals surface area contributed by atoms with E-state index in [1.807, 2.05) is 28.8 Å². The molecule has 2 aromatic carbocycles. The molecule has 0 atom stereocenters. The number of benzene rings is 2. The van der Waals surface area contributed by atoms with Crippen LogP contribution in [-0.2, 0) is 11.2 Å². The minimum atomic E-state index is -2.84. The van der Waals surface area contributed by atoms with Gasteiger partial charge >= 0.3 is 12.3 Å². The lowest BCUT2D eigenvalue weighted by Crippen LogP contribution is -2.43. The van der Waals surface area contributed by atoms with E-state index in [2.05, 4.69) is 19.9 Å². The molecule has 2 heterocycles. The van der Waals surface area contributed by atoms with Gasteiger partial charge < -0.3 is 15.0 Å². The molecular formula is C23H26F2N4O3.